The molecule has 0 unspecified atom stereocenters. The predicted octanol–water partition coefficient (Wildman–Crippen LogP) is 3.02. The third-order valence-corrected chi connectivity index (χ3v) is 3.79. The zero-order valence-corrected chi connectivity index (χ0v) is 14.5. The number of hydrogen-bond donors (Lipinski definition) is 2. The van der Waals surface area contributed by atoms with Crippen molar-refractivity contribution < 1.29 is 13.9 Å². The molecule has 0 fully saturated rings. The Labute approximate surface area is 139 Å². The van der Waals surface area contributed by atoms with Crippen molar-refractivity contribution in [2.45, 2.75) is 32.2 Å². The Morgan fingerprint density at radius 1 is 1.43 bits per heavy atom. The van der Waals surface area contributed by atoms with Gasteiger partial charge in [-0.25, -0.2) is 4.39 Å². The molecule has 3 N–H and O–H groups in total. The van der Waals surface area contributed by atoms with Crippen LogP contribution in [0.1, 0.15) is 26.7 Å². The fraction of sp³-hybridized carbons (Fsp3) is 0.500. The highest BCUT2D eigenvalue weighted by molar-refractivity contribution is 9.10. The molecule has 0 aromatic heterocycles. The minimum atomic E-state index is -0.512. The van der Waals surface area contributed by atoms with Gasteiger partial charge in [0.05, 0.1) is 0 Å². The molecule has 1 rings (SSSR count). The monoisotopic (exact) mass is 382 g/mol. The summed E-state index contributed by atoms with van der Waals surface area (Å²) >= 11 is 3.15. The van der Waals surface area contributed by atoms with Gasteiger partial charge in [0.25, 0.3) is 5.91 Å². The van der Waals surface area contributed by atoms with Crippen LogP contribution in [-0.4, -0.2) is 24.6 Å². The topological polar surface area (TPSA) is 64.3 Å². The predicted molar refractivity (Wildman–Crippen MR) is 87.4 cm³/mol. The molecule has 0 saturated heterocycles. The summed E-state index contributed by atoms with van der Waals surface area (Å²) in [6.45, 7) is 4.10. The van der Waals surface area contributed by atoms with E-state index in [-0.39, 0.29) is 30.7 Å². The van der Waals surface area contributed by atoms with Gasteiger partial charge >= 0.3 is 0 Å². The average molecular weight is 384 g/mol. The molecule has 1 aromatic rings. The third kappa shape index (κ3) is 6.63. The normalized spacial score (nSPS) is 10.7. The standard InChI is InChI=1S/C14H20BrFN2O2.ClH/c1-3-14(17,4-2)9-18-13(19)8-20-12-6-5-10(15)7-11(12)16;/h5-7H,3-4,8-9,17H2,1-2H3,(H,18,19);1H. The number of ether oxygens (including phenoxy) is 1. The summed E-state index contributed by atoms with van der Waals surface area (Å²) in [6, 6.07) is 4.40. The van der Waals surface area contributed by atoms with Gasteiger partial charge in [0.2, 0.25) is 0 Å². The molecule has 0 spiro atoms. The minimum absolute atomic E-state index is 0. The van der Waals surface area contributed by atoms with Crippen LogP contribution in [0, 0.1) is 5.82 Å². The lowest BCUT2D eigenvalue weighted by molar-refractivity contribution is -0.123. The number of carbonyl (C=O) groups is 1. The second-order valence-corrected chi connectivity index (χ2v) is 5.63. The van der Waals surface area contributed by atoms with Crippen molar-refractivity contribution in [1.82, 2.24) is 5.32 Å². The van der Waals surface area contributed by atoms with Crippen LogP contribution in [0.5, 0.6) is 5.75 Å². The smallest absolute Gasteiger partial charge is 0.258 e. The molecule has 0 atom stereocenters. The lowest BCUT2D eigenvalue weighted by atomic mass is 9.94. The van der Waals surface area contributed by atoms with E-state index in [1.54, 1.807) is 6.07 Å². The molecule has 0 bridgehead atoms. The molecule has 4 nitrogen and oxygen atoms in total. The molecule has 0 aliphatic carbocycles. The second kappa shape index (κ2) is 9.23. The first-order chi connectivity index (χ1) is 9.40. The highest BCUT2D eigenvalue weighted by Gasteiger charge is 2.20. The van der Waals surface area contributed by atoms with Gasteiger partial charge in [-0.2, -0.15) is 0 Å². The molecule has 0 aliphatic heterocycles. The van der Waals surface area contributed by atoms with Gasteiger partial charge < -0.3 is 15.8 Å². The second-order valence-electron chi connectivity index (χ2n) is 4.71. The van der Waals surface area contributed by atoms with Crippen LogP contribution in [0.2, 0.25) is 0 Å². The van der Waals surface area contributed by atoms with E-state index in [2.05, 4.69) is 21.2 Å². The zero-order valence-electron chi connectivity index (χ0n) is 12.1. The maximum Gasteiger partial charge on any atom is 0.258 e. The first-order valence-corrected chi connectivity index (χ1v) is 7.33. The Kier molecular flexibility index (Phi) is 8.85. The van der Waals surface area contributed by atoms with Crippen LogP contribution in [0.25, 0.3) is 0 Å². The highest BCUT2D eigenvalue weighted by Crippen LogP contribution is 2.21. The summed E-state index contributed by atoms with van der Waals surface area (Å²) in [7, 11) is 0. The van der Waals surface area contributed by atoms with Crippen LogP contribution < -0.4 is 15.8 Å². The highest BCUT2D eigenvalue weighted by atomic mass is 79.9. The Hall–Kier alpha value is -0.850. The third-order valence-electron chi connectivity index (χ3n) is 3.30. The van der Waals surface area contributed by atoms with E-state index in [1.165, 1.54) is 12.1 Å². The summed E-state index contributed by atoms with van der Waals surface area (Å²) in [6.07, 6.45) is 1.54. The van der Waals surface area contributed by atoms with Crippen molar-refractivity contribution in [2.75, 3.05) is 13.2 Å². The zero-order chi connectivity index (χ0) is 15.2. The quantitative estimate of drug-likeness (QED) is 0.761. The Morgan fingerprint density at radius 2 is 2.05 bits per heavy atom. The molecule has 0 saturated carbocycles. The van der Waals surface area contributed by atoms with E-state index in [0.717, 1.165) is 12.8 Å². The summed E-state index contributed by atoms with van der Waals surface area (Å²) in [5, 5.41) is 2.71. The van der Waals surface area contributed by atoms with Gasteiger partial charge in [0.1, 0.15) is 0 Å². The number of rotatable bonds is 7. The van der Waals surface area contributed by atoms with Crippen molar-refractivity contribution in [3.63, 3.8) is 0 Å². The lowest BCUT2D eigenvalue weighted by Gasteiger charge is -2.26. The number of nitrogens with one attached hydrogen (secondary N) is 1. The molecule has 21 heavy (non-hydrogen) atoms. The van der Waals surface area contributed by atoms with Crippen molar-refractivity contribution in [3.8, 4) is 5.75 Å². The SMILES string of the molecule is CCC(N)(CC)CNC(=O)COc1ccc(Br)cc1F.Cl. The maximum atomic E-state index is 13.5. The summed E-state index contributed by atoms with van der Waals surface area (Å²) in [5.74, 6) is -0.778. The molecular formula is C14H21BrClFN2O2. The lowest BCUT2D eigenvalue weighted by Crippen LogP contribution is -2.50. The minimum Gasteiger partial charge on any atom is -0.481 e. The van der Waals surface area contributed by atoms with E-state index in [0.29, 0.717) is 11.0 Å². The van der Waals surface area contributed by atoms with Gasteiger partial charge in [-0.3, -0.25) is 4.79 Å². The van der Waals surface area contributed by atoms with E-state index in [1.807, 2.05) is 13.8 Å². The van der Waals surface area contributed by atoms with Gasteiger partial charge in [0.15, 0.2) is 18.2 Å². The van der Waals surface area contributed by atoms with E-state index in [9.17, 15) is 9.18 Å². The number of amides is 1. The van der Waals surface area contributed by atoms with Crippen LogP contribution in [-0.2, 0) is 4.79 Å². The molecule has 7 heteroatoms. The Balaban J connectivity index is 0.00000400. The van der Waals surface area contributed by atoms with Crippen LogP contribution >= 0.6 is 28.3 Å². The van der Waals surface area contributed by atoms with Crippen LogP contribution in [0.15, 0.2) is 22.7 Å². The molecule has 0 aliphatic rings. The van der Waals surface area contributed by atoms with Gasteiger partial charge in [-0.05, 0) is 31.0 Å². The van der Waals surface area contributed by atoms with E-state index >= 15 is 0 Å². The largest absolute Gasteiger partial charge is 0.481 e. The molecule has 0 heterocycles. The Morgan fingerprint density at radius 3 is 2.57 bits per heavy atom. The molecule has 0 radical (unpaired) electrons. The fourth-order valence-electron chi connectivity index (χ4n) is 1.56. The molecular weight excluding hydrogens is 363 g/mol. The number of halogens is 3. The van der Waals surface area contributed by atoms with Gasteiger partial charge in [-0.15, -0.1) is 12.4 Å². The summed E-state index contributed by atoms with van der Waals surface area (Å²) in [4.78, 5) is 11.6. The fourth-order valence-corrected chi connectivity index (χ4v) is 1.89. The van der Waals surface area contributed by atoms with E-state index < -0.39 is 11.4 Å². The first kappa shape index (κ1) is 20.1. The molecule has 1 aromatic carbocycles. The Bertz CT molecular complexity index is 470. The summed E-state index contributed by atoms with van der Waals surface area (Å²) in [5.41, 5.74) is 5.67. The first-order valence-electron chi connectivity index (χ1n) is 6.53. The van der Waals surface area contributed by atoms with Crippen molar-refractivity contribution in [2.24, 2.45) is 5.73 Å². The van der Waals surface area contributed by atoms with Crippen LogP contribution in [0.3, 0.4) is 0 Å². The number of benzene rings is 1. The number of hydrogen-bond acceptors (Lipinski definition) is 3. The number of nitrogens with two attached hydrogens (primary N) is 1. The van der Waals surface area contributed by atoms with Gasteiger partial charge in [-0.1, -0.05) is 29.8 Å². The summed E-state index contributed by atoms with van der Waals surface area (Å²) < 4.78 is 19.2. The van der Waals surface area contributed by atoms with Crippen molar-refractivity contribution in [1.29, 1.82) is 0 Å². The maximum absolute atomic E-state index is 13.5. The molecule has 120 valence electrons. The number of carbonyl (C=O) groups excluding carboxylic acids is 1. The van der Waals surface area contributed by atoms with Gasteiger partial charge in [0, 0.05) is 16.6 Å². The van der Waals surface area contributed by atoms with Crippen LogP contribution in [0.4, 0.5) is 4.39 Å². The molecule has 1 amide bonds. The van der Waals surface area contributed by atoms with E-state index in [4.69, 9.17) is 10.5 Å². The van der Waals surface area contributed by atoms with Crippen molar-refractivity contribution in [3.05, 3.63) is 28.5 Å². The average Bonchev–Trinajstić information content (AvgIpc) is 2.44. The van der Waals surface area contributed by atoms with Crippen molar-refractivity contribution >= 4 is 34.2 Å².